The van der Waals surface area contributed by atoms with Gasteiger partial charge in [-0.05, 0) is 56.8 Å². The molecule has 0 saturated carbocycles. The van der Waals surface area contributed by atoms with Gasteiger partial charge in [0, 0.05) is 74.7 Å². The van der Waals surface area contributed by atoms with Crippen LogP contribution >= 0.6 is 0 Å². The Labute approximate surface area is 200 Å². The molecule has 3 saturated heterocycles. The molecule has 1 atom stereocenters. The third-order valence-electron chi connectivity index (χ3n) is 7.93. The highest BCUT2D eigenvalue weighted by molar-refractivity contribution is 6.09. The number of aromatic nitrogens is 3. The maximum Gasteiger partial charge on any atom is 0.236 e. The third kappa shape index (κ3) is 4.36. The number of hydrogen-bond acceptors (Lipinski definition) is 6. The second-order valence-corrected chi connectivity index (χ2v) is 10.2. The number of anilines is 1. The molecule has 6 heterocycles. The Morgan fingerprint density at radius 1 is 0.971 bits per heavy atom. The van der Waals surface area contributed by atoms with E-state index in [0.717, 1.165) is 67.6 Å². The molecule has 3 aliphatic heterocycles. The SMILES string of the molecule is O=C(CN1CCN(c2ccnc3cnc4[nH]ccc4c23)CC1)N1CCCC(CN2CCCC2)C1. The first-order valence-electron chi connectivity index (χ1n) is 12.9. The summed E-state index contributed by atoms with van der Waals surface area (Å²) in [5.74, 6) is 0.960. The largest absolute Gasteiger partial charge is 0.368 e. The lowest BCUT2D eigenvalue weighted by Gasteiger charge is -2.39. The van der Waals surface area contributed by atoms with Crippen molar-refractivity contribution in [2.45, 2.75) is 25.7 Å². The molecule has 3 aliphatic rings. The van der Waals surface area contributed by atoms with Crippen LogP contribution in [0.5, 0.6) is 0 Å². The van der Waals surface area contributed by atoms with Gasteiger partial charge >= 0.3 is 0 Å². The van der Waals surface area contributed by atoms with Crippen LogP contribution in [0.3, 0.4) is 0 Å². The Morgan fingerprint density at radius 3 is 2.68 bits per heavy atom. The second-order valence-electron chi connectivity index (χ2n) is 10.2. The number of carbonyl (C=O) groups excluding carboxylic acids is 1. The first-order valence-corrected chi connectivity index (χ1v) is 12.9. The molecule has 0 spiro atoms. The summed E-state index contributed by atoms with van der Waals surface area (Å²) in [7, 11) is 0. The molecule has 8 nitrogen and oxygen atoms in total. The molecule has 0 radical (unpaired) electrons. The Morgan fingerprint density at radius 2 is 1.82 bits per heavy atom. The molecule has 1 N–H and O–H groups in total. The monoisotopic (exact) mass is 461 g/mol. The highest BCUT2D eigenvalue weighted by Gasteiger charge is 2.28. The van der Waals surface area contributed by atoms with Gasteiger partial charge in [-0.2, -0.15) is 0 Å². The lowest BCUT2D eigenvalue weighted by Crippen LogP contribution is -2.52. The average molecular weight is 462 g/mol. The van der Waals surface area contributed by atoms with Crippen LogP contribution in [-0.2, 0) is 4.79 Å². The van der Waals surface area contributed by atoms with Crippen molar-refractivity contribution >= 4 is 33.5 Å². The van der Waals surface area contributed by atoms with E-state index in [1.807, 2.05) is 18.6 Å². The quantitative estimate of drug-likeness (QED) is 0.630. The van der Waals surface area contributed by atoms with Crippen molar-refractivity contribution in [3.8, 4) is 0 Å². The topological polar surface area (TPSA) is 71.6 Å². The smallest absolute Gasteiger partial charge is 0.236 e. The number of piperazine rings is 1. The summed E-state index contributed by atoms with van der Waals surface area (Å²) in [5, 5.41) is 2.28. The van der Waals surface area contributed by atoms with Crippen molar-refractivity contribution in [3.63, 3.8) is 0 Å². The summed E-state index contributed by atoms with van der Waals surface area (Å²) in [5.41, 5.74) is 3.04. The summed E-state index contributed by atoms with van der Waals surface area (Å²) in [6.45, 7) is 9.72. The zero-order valence-electron chi connectivity index (χ0n) is 20.0. The number of fused-ring (bicyclic) bond motifs is 3. The van der Waals surface area contributed by atoms with E-state index in [1.165, 1.54) is 44.6 Å². The van der Waals surface area contributed by atoms with Crippen molar-refractivity contribution in [1.82, 2.24) is 29.7 Å². The molecule has 180 valence electrons. The van der Waals surface area contributed by atoms with Gasteiger partial charge in [-0.3, -0.25) is 14.7 Å². The molecule has 0 aromatic carbocycles. The number of H-pyrrole nitrogens is 1. The number of rotatable bonds is 5. The van der Waals surface area contributed by atoms with Crippen molar-refractivity contribution in [2.75, 3.05) is 70.3 Å². The van der Waals surface area contributed by atoms with Gasteiger partial charge in [-0.25, -0.2) is 4.98 Å². The number of hydrogen-bond donors (Lipinski definition) is 1. The standard InChI is InChI=1S/C26H35N7O/c34-24(33-11-3-4-20(18-33)17-30-9-1-2-10-30)19-31-12-14-32(15-13-31)23-6-8-27-22-16-29-26-21(25(22)23)5-7-28-26/h5-8,16,20H,1-4,9-15,17-19H2,(H,28,29). The highest BCUT2D eigenvalue weighted by atomic mass is 16.2. The fourth-order valence-corrected chi connectivity index (χ4v) is 6.11. The summed E-state index contributed by atoms with van der Waals surface area (Å²) >= 11 is 0. The van der Waals surface area contributed by atoms with Gasteiger partial charge < -0.3 is 19.7 Å². The maximum absolute atomic E-state index is 13.1. The van der Waals surface area contributed by atoms with E-state index in [0.29, 0.717) is 18.4 Å². The van der Waals surface area contributed by atoms with Crippen LogP contribution in [0.2, 0.25) is 0 Å². The van der Waals surface area contributed by atoms with Crippen LogP contribution in [0.1, 0.15) is 25.7 Å². The molecule has 34 heavy (non-hydrogen) atoms. The minimum atomic E-state index is 0.314. The molecule has 0 bridgehead atoms. The first kappa shape index (κ1) is 21.8. The van der Waals surface area contributed by atoms with Crippen LogP contribution < -0.4 is 4.90 Å². The molecular weight excluding hydrogens is 426 g/mol. The minimum Gasteiger partial charge on any atom is -0.368 e. The molecule has 3 aromatic rings. The number of likely N-dealkylation sites (tertiary alicyclic amines) is 2. The van der Waals surface area contributed by atoms with Gasteiger partial charge in [0.2, 0.25) is 5.91 Å². The van der Waals surface area contributed by atoms with Crippen molar-refractivity contribution < 1.29 is 4.79 Å². The molecule has 1 unspecified atom stereocenters. The predicted molar refractivity (Wildman–Crippen MR) is 135 cm³/mol. The second kappa shape index (κ2) is 9.50. The fraction of sp³-hybridized carbons (Fsp3) is 0.577. The lowest BCUT2D eigenvalue weighted by atomic mass is 9.97. The zero-order chi connectivity index (χ0) is 22.9. The van der Waals surface area contributed by atoms with E-state index in [-0.39, 0.29) is 0 Å². The summed E-state index contributed by atoms with van der Waals surface area (Å²) in [6.07, 6.45) is 10.8. The van der Waals surface area contributed by atoms with Crippen molar-refractivity contribution in [2.24, 2.45) is 5.92 Å². The van der Waals surface area contributed by atoms with E-state index < -0.39 is 0 Å². The van der Waals surface area contributed by atoms with Gasteiger partial charge in [0.1, 0.15) is 5.65 Å². The van der Waals surface area contributed by atoms with E-state index in [9.17, 15) is 4.79 Å². The summed E-state index contributed by atoms with van der Waals surface area (Å²) < 4.78 is 0. The van der Waals surface area contributed by atoms with E-state index in [4.69, 9.17) is 0 Å². The predicted octanol–water partition coefficient (Wildman–Crippen LogP) is 2.57. The Hall–Kier alpha value is -2.71. The van der Waals surface area contributed by atoms with E-state index in [2.05, 4.69) is 46.7 Å². The van der Waals surface area contributed by atoms with Crippen LogP contribution in [-0.4, -0.2) is 101 Å². The molecule has 1 amide bonds. The molecule has 3 aromatic heterocycles. The fourth-order valence-electron chi connectivity index (χ4n) is 6.11. The normalized spacial score (nSPS) is 22.8. The van der Waals surface area contributed by atoms with Crippen LogP contribution in [0.15, 0.2) is 30.7 Å². The van der Waals surface area contributed by atoms with Crippen molar-refractivity contribution in [1.29, 1.82) is 0 Å². The van der Waals surface area contributed by atoms with E-state index in [1.54, 1.807) is 0 Å². The van der Waals surface area contributed by atoms with Gasteiger partial charge in [0.15, 0.2) is 0 Å². The van der Waals surface area contributed by atoms with Gasteiger partial charge in [-0.1, -0.05) is 0 Å². The lowest BCUT2D eigenvalue weighted by molar-refractivity contribution is -0.134. The highest BCUT2D eigenvalue weighted by Crippen LogP contribution is 2.31. The molecule has 3 fully saturated rings. The van der Waals surface area contributed by atoms with Crippen LogP contribution in [0, 0.1) is 5.92 Å². The Bertz CT molecular complexity index is 1150. The third-order valence-corrected chi connectivity index (χ3v) is 7.93. The number of piperidine rings is 1. The number of nitrogens with zero attached hydrogens (tertiary/aromatic N) is 6. The number of carbonyl (C=O) groups is 1. The molecule has 0 aliphatic carbocycles. The Balaban J connectivity index is 1.07. The van der Waals surface area contributed by atoms with E-state index >= 15 is 0 Å². The minimum absolute atomic E-state index is 0.314. The zero-order valence-corrected chi connectivity index (χ0v) is 20.0. The maximum atomic E-state index is 13.1. The van der Waals surface area contributed by atoms with Crippen LogP contribution in [0.4, 0.5) is 5.69 Å². The average Bonchev–Trinajstić information content (AvgIpc) is 3.56. The molecule has 6 rings (SSSR count). The summed E-state index contributed by atoms with van der Waals surface area (Å²) in [6, 6.07) is 4.20. The van der Waals surface area contributed by atoms with Crippen molar-refractivity contribution in [3.05, 3.63) is 30.7 Å². The molecule has 8 heteroatoms. The number of amides is 1. The Kier molecular flexibility index (Phi) is 6.09. The first-order chi connectivity index (χ1) is 16.7. The van der Waals surface area contributed by atoms with Crippen LogP contribution in [0.25, 0.3) is 21.9 Å². The number of pyridine rings is 2. The number of aromatic amines is 1. The summed E-state index contributed by atoms with van der Waals surface area (Å²) in [4.78, 5) is 34.9. The number of nitrogens with one attached hydrogen (secondary N) is 1. The van der Waals surface area contributed by atoms with Gasteiger partial charge in [0.05, 0.1) is 18.3 Å². The molecular formula is C26H35N7O. The van der Waals surface area contributed by atoms with Gasteiger partial charge in [0.25, 0.3) is 0 Å². The van der Waals surface area contributed by atoms with Gasteiger partial charge in [-0.15, -0.1) is 0 Å².